The minimum absolute atomic E-state index is 0.128. The van der Waals surface area contributed by atoms with E-state index < -0.39 is 0 Å². The third kappa shape index (κ3) is 7.35. The van der Waals surface area contributed by atoms with Gasteiger partial charge in [0.25, 0.3) is 5.91 Å². The van der Waals surface area contributed by atoms with Crippen LogP contribution in [0.4, 0.5) is 4.39 Å². The lowest BCUT2D eigenvalue weighted by molar-refractivity contribution is -0.121. The smallest absolute Gasteiger partial charge is 0.251 e. The van der Waals surface area contributed by atoms with Crippen molar-refractivity contribution in [2.45, 2.75) is 12.8 Å². The highest BCUT2D eigenvalue weighted by atomic mass is 19.1. The lowest BCUT2D eigenvalue weighted by Crippen LogP contribution is -2.29. The summed E-state index contributed by atoms with van der Waals surface area (Å²) in [4.78, 5) is 23.7. The van der Waals surface area contributed by atoms with Crippen LogP contribution in [0.1, 0.15) is 23.2 Å². The molecule has 2 rings (SSSR count). The molecule has 27 heavy (non-hydrogen) atoms. The van der Waals surface area contributed by atoms with Gasteiger partial charge in [0, 0.05) is 24.6 Å². The van der Waals surface area contributed by atoms with Crippen LogP contribution in [0.2, 0.25) is 0 Å². The number of benzene rings is 2. The van der Waals surface area contributed by atoms with E-state index in [1.54, 1.807) is 43.5 Å². The summed E-state index contributed by atoms with van der Waals surface area (Å²) in [5.74, 6) is 0.418. The molecule has 7 heteroatoms. The summed E-state index contributed by atoms with van der Waals surface area (Å²) in [6, 6.07) is 12.6. The van der Waals surface area contributed by atoms with Crippen LogP contribution in [0.3, 0.4) is 0 Å². The molecule has 0 aromatic heterocycles. The standard InChI is InChI=1S/C20H23FN2O4/c1-26-17-9-7-15(8-10-17)20(25)23-11-3-6-19(24)22-12-13-27-18-5-2-4-16(21)14-18/h2,4-5,7-10,14H,3,6,11-13H2,1H3,(H,22,24)(H,23,25). The van der Waals surface area contributed by atoms with E-state index in [-0.39, 0.29) is 24.2 Å². The molecule has 0 spiro atoms. The van der Waals surface area contributed by atoms with Gasteiger partial charge in [0.2, 0.25) is 5.91 Å². The quantitative estimate of drug-likeness (QED) is 0.627. The van der Waals surface area contributed by atoms with Gasteiger partial charge in [-0.3, -0.25) is 9.59 Å². The Hall–Kier alpha value is -3.09. The first kappa shape index (κ1) is 20.2. The third-order valence-electron chi connectivity index (χ3n) is 3.71. The van der Waals surface area contributed by atoms with E-state index >= 15 is 0 Å². The van der Waals surface area contributed by atoms with Crippen molar-refractivity contribution >= 4 is 11.8 Å². The molecule has 0 radical (unpaired) electrons. The normalized spacial score (nSPS) is 10.1. The lowest BCUT2D eigenvalue weighted by Gasteiger charge is -2.08. The Morgan fingerprint density at radius 2 is 1.78 bits per heavy atom. The van der Waals surface area contributed by atoms with Crippen molar-refractivity contribution in [3.8, 4) is 11.5 Å². The lowest BCUT2D eigenvalue weighted by atomic mass is 10.2. The van der Waals surface area contributed by atoms with Gasteiger partial charge in [-0.15, -0.1) is 0 Å². The van der Waals surface area contributed by atoms with Crippen LogP contribution < -0.4 is 20.1 Å². The number of amides is 2. The summed E-state index contributed by atoms with van der Waals surface area (Å²) < 4.78 is 23.4. The number of carbonyl (C=O) groups is 2. The predicted octanol–water partition coefficient (Wildman–Crippen LogP) is 2.54. The number of ether oxygens (including phenoxy) is 2. The molecule has 2 N–H and O–H groups in total. The minimum atomic E-state index is -0.367. The van der Waals surface area contributed by atoms with Gasteiger partial charge in [-0.2, -0.15) is 0 Å². The second kappa shape index (κ2) is 10.8. The van der Waals surface area contributed by atoms with Crippen LogP contribution in [0.15, 0.2) is 48.5 Å². The van der Waals surface area contributed by atoms with Crippen molar-refractivity contribution in [2.75, 3.05) is 26.8 Å². The molecule has 0 saturated heterocycles. The molecule has 6 nitrogen and oxygen atoms in total. The Morgan fingerprint density at radius 3 is 2.48 bits per heavy atom. The summed E-state index contributed by atoms with van der Waals surface area (Å²) >= 11 is 0. The number of rotatable bonds is 10. The van der Waals surface area contributed by atoms with E-state index in [4.69, 9.17) is 9.47 Å². The Bertz CT molecular complexity index is 750. The molecule has 0 aliphatic heterocycles. The van der Waals surface area contributed by atoms with Crippen molar-refractivity contribution in [1.29, 1.82) is 0 Å². The van der Waals surface area contributed by atoms with Crippen LogP contribution in [0, 0.1) is 5.82 Å². The maximum Gasteiger partial charge on any atom is 0.251 e. The number of carbonyl (C=O) groups excluding carboxylic acids is 2. The van der Waals surface area contributed by atoms with Crippen molar-refractivity contribution in [1.82, 2.24) is 10.6 Å². The van der Waals surface area contributed by atoms with Gasteiger partial charge >= 0.3 is 0 Å². The van der Waals surface area contributed by atoms with Gasteiger partial charge in [0.05, 0.1) is 13.7 Å². The molecular formula is C20H23FN2O4. The molecule has 2 amide bonds. The summed E-state index contributed by atoms with van der Waals surface area (Å²) in [6.07, 6.45) is 0.821. The molecule has 0 aliphatic rings. The van der Waals surface area contributed by atoms with Gasteiger partial charge in [-0.05, 0) is 42.8 Å². The monoisotopic (exact) mass is 374 g/mol. The van der Waals surface area contributed by atoms with E-state index in [1.807, 2.05) is 0 Å². The van der Waals surface area contributed by atoms with Gasteiger partial charge in [0.1, 0.15) is 23.9 Å². The number of hydrogen-bond acceptors (Lipinski definition) is 4. The van der Waals surface area contributed by atoms with Gasteiger partial charge in [-0.25, -0.2) is 4.39 Å². The Morgan fingerprint density at radius 1 is 1.00 bits per heavy atom. The number of methoxy groups -OCH3 is 1. The van der Waals surface area contributed by atoms with E-state index in [1.165, 1.54) is 12.1 Å². The first-order valence-electron chi connectivity index (χ1n) is 8.66. The average Bonchev–Trinajstić information content (AvgIpc) is 2.68. The predicted molar refractivity (Wildman–Crippen MR) is 99.5 cm³/mol. The zero-order chi connectivity index (χ0) is 19.5. The minimum Gasteiger partial charge on any atom is -0.497 e. The molecule has 2 aromatic rings. The Labute approximate surface area is 157 Å². The topological polar surface area (TPSA) is 76.7 Å². The second-order valence-electron chi connectivity index (χ2n) is 5.74. The zero-order valence-corrected chi connectivity index (χ0v) is 15.2. The molecule has 0 atom stereocenters. The highest BCUT2D eigenvalue weighted by Crippen LogP contribution is 2.12. The largest absolute Gasteiger partial charge is 0.497 e. The fourth-order valence-corrected chi connectivity index (χ4v) is 2.30. The molecule has 2 aromatic carbocycles. The number of hydrogen-bond donors (Lipinski definition) is 2. The molecule has 0 fully saturated rings. The summed E-state index contributed by atoms with van der Waals surface area (Å²) in [7, 11) is 1.56. The maximum absolute atomic E-state index is 13.0. The van der Waals surface area contributed by atoms with Crippen LogP contribution in [0.25, 0.3) is 0 Å². The number of nitrogens with one attached hydrogen (secondary N) is 2. The highest BCUT2D eigenvalue weighted by Gasteiger charge is 2.06. The highest BCUT2D eigenvalue weighted by molar-refractivity contribution is 5.94. The fourth-order valence-electron chi connectivity index (χ4n) is 2.30. The summed E-state index contributed by atoms with van der Waals surface area (Å²) in [6.45, 7) is 0.981. The molecule has 0 unspecified atom stereocenters. The van der Waals surface area contributed by atoms with E-state index in [0.717, 1.165) is 0 Å². The molecule has 0 saturated carbocycles. The Balaban J connectivity index is 1.55. The molecule has 0 heterocycles. The molecule has 0 bridgehead atoms. The number of halogens is 1. The molecular weight excluding hydrogens is 351 g/mol. The van der Waals surface area contributed by atoms with E-state index in [0.29, 0.717) is 43.0 Å². The molecule has 144 valence electrons. The van der Waals surface area contributed by atoms with Crippen LogP contribution in [-0.2, 0) is 4.79 Å². The van der Waals surface area contributed by atoms with E-state index in [2.05, 4.69) is 10.6 Å². The summed E-state index contributed by atoms with van der Waals surface area (Å²) in [5, 5.41) is 5.48. The first-order chi connectivity index (χ1) is 13.1. The first-order valence-corrected chi connectivity index (χ1v) is 8.66. The van der Waals surface area contributed by atoms with Crippen LogP contribution in [0.5, 0.6) is 11.5 Å². The van der Waals surface area contributed by atoms with Crippen molar-refractivity contribution in [3.63, 3.8) is 0 Å². The summed E-state index contributed by atoms with van der Waals surface area (Å²) in [5.41, 5.74) is 0.537. The average molecular weight is 374 g/mol. The third-order valence-corrected chi connectivity index (χ3v) is 3.71. The van der Waals surface area contributed by atoms with Crippen molar-refractivity contribution in [2.24, 2.45) is 0 Å². The SMILES string of the molecule is COc1ccc(C(=O)NCCCC(=O)NCCOc2cccc(F)c2)cc1. The molecule has 0 aliphatic carbocycles. The van der Waals surface area contributed by atoms with Gasteiger partial charge in [-0.1, -0.05) is 6.07 Å². The Kier molecular flexibility index (Phi) is 8.09. The van der Waals surface area contributed by atoms with Crippen LogP contribution in [-0.4, -0.2) is 38.6 Å². The van der Waals surface area contributed by atoms with Crippen LogP contribution >= 0.6 is 0 Å². The second-order valence-corrected chi connectivity index (χ2v) is 5.74. The van der Waals surface area contributed by atoms with Crippen molar-refractivity contribution < 1.29 is 23.5 Å². The van der Waals surface area contributed by atoms with Crippen molar-refractivity contribution in [3.05, 3.63) is 59.9 Å². The van der Waals surface area contributed by atoms with Gasteiger partial charge in [0.15, 0.2) is 0 Å². The zero-order valence-electron chi connectivity index (χ0n) is 15.2. The fraction of sp³-hybridized carbons (Fsp3) is 0.300. The van der Waals surface area contributed by atoms with Gasteiger partial charge < -0.3 is 20.1 Å². The van der Waals surface area contributed by atoms with E-state index in [9.17, 15) is 14.0 Å². The maximum atomic E-state index is 13.0.